The zero-order valence-corrected chi connectivity index (χ0v) is 17.9. The summed E-state index contributed by atoms with van der Waals surface area (Å²) < 4.78 is 0. The highest BCUT2D eigenvalue weighted by molar-refractivity contribution is 5.75. The van der Waals surface area contributed by atoms with E-state index < -0.39 is 0 Å². The summed E-state index contributed by atoms with van der Waals surface area (Å²) in [5, 5.41) is 17.0. The fraction of sp³-hybridized carbons (Fsp3) is 0.360. The first-order chi connectivity index (χ1) is 14.5. The molecule has 0 saturated carbocycles. The lowest BCUT2D eigenvalue weighted by Crippen LogP contribution is -2.28. The van der Waals surface area contributed by atoms with E-state index in [1.54, 1.807) is 12.1 Å². The largest absolute Gasteiger partial charge is 0.508 e. The van der Waals surface area contributed by atoms with Gasteiger partial charge in [0.05, 0.1) is 11.7 Å². The molecule has 5 nitrogen and oxygen atoms in total. The fourth-order valence-corrected chi connectivity index (χ4v) is 4.43. The summed E-state index contributed by atoms with van der Waals surface area (Å²) in [5.41, 5.74) is 14.1. The summed E-state index contributed by atoms with van der Waals surface area (Å²) in [6.45, 7) is 8.22. The number of fused-ring (bicyclic) bond motifs is 1. The van der Waals surface area contributed by atoms with Crippen LogP contribution >= 0.6 is 0 Å². The minimum atomic E-state index is 0.127. The Balaban J connectivity index is 1.73. The van der Waals surface area contributed by atoms with Crippen molar-refractivity contribution in [3.8, 4) is 5.75 Å². The van der Waals surface area contributed by atoms with Gasteiger partial charge in [-0.1, -0.05) is 31.2 Å². The van der Waals surface area contributed by atoms with Gasteiger partial charge in [-0.15, -0.1) is 0 Å². The smallest absolute Gasteiger partial charge is 0.117 e. The van der Waals surface area contributed by atoms with Crippen LogP contribution in [-0.4, -0.2) is 36.2 Å². The lowest BCUT2D eigenvalue weighted by Gasteiger charge is -2.26. The van der Waals surface area contributed by atoms with Crippen LogP contribution < -0.4 is 16.4 Å². The summed E-state index contributed by atoms with van der Waals surface area (Å²) in [4.78, 5) is 2.46. The molecule has 30 heavy (non-hydrogen) atoms. The number of phenolic OH excluding ortho intramolecular Hbond substituents is 1. The third-order valence-electron chi connectivity index (χ3n) is 6.12. The van der Waals surface area contributed by atoms with Crippen LogP contribution in [0.5, 0.6) is 5.75 Å². The van der Waals surface area contributed by atoms with Crippen LogP contribution in [0.3, 0.4) is 0 Å². The van der Waals surface area contributed by atoms with Crippen LogP contribution in [0.15, 0.2) is 54.2 Å². The second-order valence-electron chi connectivity index (χ2n) is 8.20. The molecule has 0 bridgehead atoms. The Kier molecular flexibility index (Phi) is 6.00. The molecule has 1 unspecified atom stereocenters. The molecule has 1 atom stereocenters. The highest BCUT2D eigenvalue weighted by Gasteiger charge is 2.23. The number of benzene rings is 2. The number of nitrogens with one attached hydrogen (secondary N) is 2. The highest BCUT2D eigenvalue weighted by atomic mass is 16.3. The number of likely N-dealkylation sites (N-methyl/N-ethyl adjacent to an activating group) is 1. The van der Waals surface area contributed by atoms with Crippen LogP contribution in [-0.2, 0) is 0 Å². The Morgan fingerprint density at radius 3 is 2.83 bits per heavy atom. The summed E-state index contributed by atoms with van der Waals surface area (Å²) in [6, 6.07) is 14.2. The van der Waals surface area contributed by atoms with Gasteiger partial charge in [0.1, 0.15) is 5.75 Å². The summed E-state index contributed by atoms with van der Waals surface area (Å²) in [5.74, 6) is 0.270. The predicted molar refractivity (Wildman–Crippen MR) is 125 cm³/mol. The molecule has 0 radical (unpaired) electrons. The first kappa shape index (κ1) is 20.4. The van der Waals surface area contributed by atoms with Crippen molar-refractivity contribution in [2.75, 3.05) is 31.5 Å². The first-order valence-corrected chi connectivity index (χ1v) is 10.9. The van der Waals surface area contributed by atoms with E-state index >= 15 is 0 Å². The third-order valence-corrected chi connectivity index (χ3v) is 6.12. The number of nitrogens with zero attached hydrogens (tertiary/aromatic N) is 1. The number of aromatic hydroxyl groups is 1. The molecule has 0 amide bonds. The van der Waals surface area contributed by atoms with Gasteiger partial charge < -0.3 is 21.5 Å². The normalized spacial score (nSPS) is 21.1. The Bertz CT molecular complexity index is 975. The number of allylic oxidation sites excluding steroid dienone is 1. The molecule has 2 heterocycles. The number of hydrogen-bond acceptors (Lipinski definition) is 5. The van der Waals surface area contributed by atoms with Crippen LogP contribution in [0.25, 0.3) is 11.3 Å². The Morgan fingerprint density at radius 1 is 1.27 bits per heavy atom. The summed E-state index contributed by atoms with van der Waals surface area (Å²) >= 11 is 0. The second-order valence-corrected chi connectivity index (χ2v) is 8.20. The van der Waals surface area contributed by atoms with E-state index in [9.17, 15) is 5.11 Å². The zero-order chi connectivity index (χ0) is 21.1. The van der Waals surface area contributed by atoms with Crippen LogP contribution in [0, 0.1) is 0 Å². The van der Waals surface area contributed by atoms with Crippen molar-refractivity contribution in [3.63, 3.8) is 0 Å². The maximum atomic E-state index is 9.88. The average molecular weight is 405 g/mol. The Hall–Kier alpha value is -2.92. The molecule has 5 heteroatoms. The Morgan fingerprint density at radius 2 is 2.13 bits per heavy atom. The molecule has 0 aliphatic carbocycles. The molecule has 0 fully saturated rings. The molecule has 158 valence electrons. The predicted octanol–water partition coefficient (Wildman–Crippen LogP) is 4.29. The van der Waals surface area contributed by atoms with Crippen LogP contribution in [0.2, 0.25) is 0 Å². The van der Waals surface area contributed by atoms with Gasteiger partial charge in [0.2, 0.25) is 0 Å². The van der Waals surface area contributed by atoms with Crippen molar-refractivity contribution < 1.29 is 5.11 Å². The quantitative estimate of drug-likeness (QED) is 0.612. The number of phenols is 1. The van der Waals surface area contributed by atoms with Gasteiger partial charge in [0.25, 0.3) is 0 Å². The topological polar surface area (TPSA) is 73.5 Å². The van der Waals surface area contributed by atoms with Crippen molar-refractivity contribution in [2.45, 2.75) is 32.7 Å². The van der Waals surface area contributed by atoms with Crippen LogP contribution in [0.1, 0.15) is 49.4 Å². The van der Waals surface area contributed by atoms with Gasteiger partial charge in [-0.05, 0) is 61.2 Å². The SMILES string of the molecule is CCN1CC=C(c2ccc3c(c2)C(Nc2cccc(O)c2)CCN/C3=C(/C)N)CC1. The molecule has 2 aromatic rings. The highest BCUT2D eigenvalue weighted by Crippen LogP contribution is 2.35. The molecule has 2 aromatic carbocycles. The van der Waals surface area contributed by atoms with E-state index in [0.717, 1.165) is 61.7 Å². The second kappa shape index (κ2) is 8.84. The van der Waals surface area contributed by atoms with E-state index in [4.69, 9.17) is 5.73 Å². The monoisotopic (exact) mass is 404 g/mol. The third kappa shape index (κ3) is 4.31. The fourth-order valence-electron chi connectivity index (χ4n) is 4.43. The number of nitrogens with two attached hydrogens (primary N) is 1. The van der Waals surface area contributed by atoms with E-state index in [2.05, 4.69) is 46.7 Å². The van der Waals surface area contributed by atoms with E-state index in [0.29, 0.717) is 0 Å². The lowest BCUT2D eigenvalue weighted by atomic mass is 9.90. The van der Waals surface area contributed by atoms with Gasteiger partial charge in [-0.25, -0.2) is 0 Å². The van der Waals surface area contributed by atoms with Gasteiger partial charge in [-0.3, -0.25) is 4.90 Å². The van der Waals surface area contributed by atoms with E-state index in [1.165, 1.54) is 16.7 Å². The van der Waals surface area contributed by atoms with Crippen molar-refractivity contribution >= 4 is 17.0 Å². The van der Waals surface area contributed by atoms with Gasteiger partial charge in [-0.2, -0.15) is 0 Å². The van der Waals surface area contributed by atoms with Crippen molar-refractivity contribution in [3.05, 3.63) is 70.9 Å². The molecule has 0 spiro atoms. The van der Waals surface area contributed by atoms with Gasteiger partial charge in [0.15, 0.2) is 0 Å². The number of anilines is 1. The summed E-state index contributed by atoms with van der Waals surface area (Å²) in [7, 11) is 0. The molecule has 4 rings (SSSR count). The van der Waals surface area contributed by atoms with Crippen molar-refractivity contribution in [1.29, 1.82) is 0 Å². The number of hydrogen-bond donors (Lipinski definition) is 4. The van der Waals surface area contributed by atoms with Crippen molar-refractivity contribution in [1.82, 2.24) is 10.2 Å². The molecule has 2 aliphatic rings. The standard InChI is InChI=1S/C25H32N4O/c1-3-29-13-10-18(11-14-29)19-7-8-22-23(15-19)24(9-12-27-25(22)17(2)26)28-20-5-4-6-21(30)16-20/h4-8,10,15-16,24,27-28,30H,3,9,11-14,26H2,1-2H3/b25-17-. The van der Waals surface area contributed by atoms with E-state index in [-0.39, 0.29) is 11.8 Å². The molecular formula is C25H32N4O. The average Bonchev–Trinajstić information content (AvgIpc) is 2.93. The van der Waals surface area contributed by atoms with Crippen LogP contribution in [0.4, 0.5) is 5.69 Å². The maximum absolute atomic E-state index is 9.88. The lowest BCUT2D eigenvalue weighted by molar-refractivity contribution is 0.319. The Labute approximate surface area is 179 Å². The molecule has 2 aliphatic heterocycles. The number of rotatable bonds is 4. The molecule has 0 saturated heterocycles. The van der Waals surface area contributed by atoms with E-state index in [1.807, 2.05) is 19.1 Å². The van der Waals surface area contributed by atoms with Gasteiger partial charge in [0, 0.05) is 42.6 Å². The minimum absolute atomic E-state index is 0.127. The summed E-state index contributed by atoms with van der Waals surface area (Å²) in [6.07, 6.45) is 4.37. The molecule has 5 N–H and O–H groups in total. The molecule has 0 aromatic heterocycles. The molecular weight excluding hydrogens is 372 g/mol. The zero-order valence-electron chi connectivity index (χ0n) is 17.9. The van der Waals surface area contributed by atoms with Crippen molar-refractivity contribution in [2.24, 2.45) is 5.73 Å². The first-order valence-electron chi connectivity index (χ1n) is 10.9. The van der Waals surface area contributed by atoms with Gasteiger partial charge >= 0.3 is 0 Å². The maximum Gasteiger partial charge on any atom is 0.117 e. The minimum Gasteiger partial charge on any atom is -0.508 e.